The molecule has 0 spiro atoms. The zero-order chi connectivity index (χ0) is 77.4. The van der Waals surface area contributed by atoms with Crippen LogP contribution in [0.25, 0.3) is 0 Å². The van der Waals surface area contributed by atoms with E-state index in [-0.39, 0.29) is 25.7 Å². The Balaban J connectivity index is 5.35. The second-order valence-electron chi connectivity index (χ2n) is 28.7. The Morgan fingerprint density at radius 2 is 0.491 bits per heavy atom. The molecule has 0 fully saturated rings. The molecule has 3 N–H and O–H groups in total. The van der Waals surface area contributed by atoms with Gasteiger partial charge in [-0.25, -0.2) is 9.13 Å². The van der Waals surface area contributed by atoms with Crippen molar-refractivity contribution in [2.75, 3.05) is 39.6 Å². The van der Waals surface area contributed by atoms with Crippen LogP contribution in [0.5, 0.6) is 0 Å². The predicted octanol–water partition coefficient (Wildman–Crippen LogP) is 25.3. The van der Waals surface area contributed by atoms with Crippen molar-refractivity contribution in [3.05, 3.63) is 85.1 Å². The normalized spacial score (nSPS) is 14.2. The summed E-state index contributed by atoms with van der Waals surface area (Å²) in [5, 5.41) is 10.7. The maximum atomic E-state index is 13.1. The van der Waals surface area contributed by atoms with Gasteiger partial charge < -0.3 is 33.8 Å². The fraction of sp³-hybridized carbons (Fsp3) is 0.793. The Kier molecular flexibility index (Phi) is 76.5. The highest BCUT2D eigenvalue weighted by Crippen LogP contribution is 2.45. The Labute approximate surface area is 646 Å². The standard InChI is InChI=1S/C87H156O17P2/c1-5-9-13-17-21-25-29-33-37-39-40-42-46-48-52-56-60-64-68-72-85(90)98-78-83(104-87(92)74-70-66-62-58-54-50-44-36-32-28-24-20-16-12-8-4)80-102-106(95,96)100-76-81(88)75-99-105(93,94)101-79-82(103-86(91)73-69-65-61-57-53-49-43-35-31-27-23-19-15-11-7-3)77-97-84(89)71-67-63-59-55-51-47-45-41-38-34-30-26-22-18-14-10-6-2/h10,14,21-22,25-26,33-35,37-38,40,42-43,81-83,88H,5-9,11-13,15-20,23-24,27-32,36,39,41,44-80H2,1-4H3,(H,93,94)(H,95,96)/b14-10-,25-21-,26-22-,37-33-,38-34-,42-40-,43-35-. The van der Waals surface area contributed by atoms with Gasteiger partial charge in [-0.1, -0.05) is 325 Å². The van der Waals surface area contributed by atoms with Crippen LogP contribution in [0.1, 0.15) is 387 Å². The lowest BCUT2D eigenvalue weighted by Gasteiger charge is -2.21. The molecule has 0 saturated heterocycles. The van der Waals surface area contributed by atoms with Crippen molar-refractivity contribution in [2.24, 2.45) is 0 Å². The SMILES string of the molecule is CC/C=C\C/C=C\C/C=C\CCCCCCCCCC(=O)OCC(COP(=O)(O)OCC(O)COP(=O)(O)OCC(COC(=O)CCCCCCCC/C=C\C/C=C\C/C=C\CCCCC)OC(=O)CCCCCCCCCCCCCCCCC)OC(=O)CCCCCCC/C=C\CCCCCCCC. The van der Waals surface area contributed by atoms with Gasteiger partial charge in [0, 0.05) is 25.7 Å². The topological polar surface area (TPSA) is 237 Å². The van der Waals surface area contributed by atoms with Crippen molar-refractivity contribution in [2.45, 2.75) is 406 Å². The number of rotatable bonds is 81. The summed E-state index contributed by atoms with van der Waals surface area (Å²) >= 11 is 0. The highest BCUT2D eigenvalue weighted by Gasteiger charge is 2.30. The average Bonchev–Trinajstić information content (AvgIpc) is 0.928. The Bertz CT molecular complexity index is 2330. The zero-order valence-electron chi connectivity index (χ0n) is 67.6. The molecule has 0 amide bonds. The van der Waals surface area contributed by atoms with Gasteiger partial charge >= 0.3 is 39.5 Å². The number of carbonyl (C=O) groups is 4. The van der Waals surface area contributed by atoms with Gasteiger partial charge in [-0.3, -0.25) is 37.3 Å². The van der Waals surface area contributed by atoms with E-state index in [1.807, 2.05) is 0 Å². The molecule has 19 heteroatoms. The van der Waals surface area contributed by atoms with Crippen LogP contribution in [-0.4, -0.2) is 96.7 Å². The number of unbranched alkanes of at least 4 members (excludes halogenated alkanes) is 41. The summed E-state index contributed by atoms with van der Waals surface area (Å²) in [4.78, 5) is 73.2. The maximum absolute atomic E-state index is 13.1. The van der Waals surface area contributed by atoms with E-state index < -0.39 is 97.5 Å². The number of allylic oxidation sites excluding steroid dienone is 14. The smallest absolute Gasteiger partial charge is 0.462 e. The molecule has 17 nitrogen and oxygen atoms in total. The van der Waals surface area contributed by atoms with Crippen LogP contribution in [0.4, 0.5) is 0 Å². The van der Waals surface area contributed by atoms with Gasteiger partial charge in [0.25, 0.3) is 0 Å². The zero-order valence-corrected chi connectivity index (χ0v) is 69.4. The van der Waals surface area contributed by atoms with E-state index in [2.05, 4.69) is 113 Å². The summed E-state index contributed by atoms with van der Waals surface area (Å²) in [5.74, 6) is -2.18. The van der Waals surface area contributed by atoms with Gasteiger partial charge in [0.05, 0.1) is 26.4 Å². The highest BCUT2D eigenvalue weighted by atomic mass is 31.2. The molecule has 0 radical (unpaired) electrons. The van der Waals surface area contributed by atoms with Gasteiger partial charge in [0.1, 0.15) is 19.3 Å². The van der Waals surface area contributed by atoms with Gasteiger partial charge in [-0.05, 0) is 122 Å². The van der Waals surface area contributed by atoms with Crippen molar-refractivity contribution >= 4 is 39.5 Å². The van der Waals surface area contributed by atoms with Crippen molar-refractivity contribution in [1.82, 2.24) is 0 Å². The first kappa shape index (κ1) is 102. The number of esters is 4. The van der Waals surface area contributed by atoms with Crippen molar-refractivity contribution in [3.63, 3.8) is 0 Å². The van der Waals surface area contributed by atoms with Crippen LogP contribution in [0.3, 0.4) is 0 Å². The molecule has 0 aliphatic heterocycles. The minimum atomic E-state index is -4.98. The number of ether oxygens (including phenoxy) is 4. The molecule has 0 heterocycles. The molecule has 0 saturated carbocycles. The van der Waals surface area contributed by atoms with E-state index in [0.717, 1.165) is 186 Å². The molecule has 0 bridgehead atoms. The monoisotopic (exact) mass is 1540 g/mol. The third-order valence-corrected chi connectivity index (χ3v) is 20.2. The summed E-state index contributed by atoms with van der Waals surface area (Å²) in [6.45, 7) is 4.79. The van der Waals surface area contributed by atoms with Gasteiger partial charge in [0.2, 0.25) is 0 Å². The maximum Gasteiger partial charge on any atom is 0.472 e. The summed E-state index contributed by atoms with van der Waals surface area (Å²) in [7, 11) is -9.96. The molecule has 0 aromatic rings. The molecule has 0 aliphatic carbocycles. The Hall–Kier alpha value is -3.76. The first-order valence-corrected chi connectivity index (χ1v) is 45.8. The minimum Gasteiger partial charge on any atom is -0.462 e. The van der Waals surface area contributed by atoms with E-state index >= 15 is 0 Å². The molecule has 106 heavy (non-hydrogen) atoms. The Morgan fingerprint density at radius 1 is 0.274 bits per heavy atom. The van der Waals surface area contributed by atoms with Crippen LogP contribution >= 0.6 is 15.6 Å². The summed E-state index contributed by atoms with van der Waals surface area (Å²) in [6, 6.07) is 0. The van der Waals surface area contributed by atoms with Crippen molar-refractivity contribution in [1.29, 1.82) is 0 Å². The van der Waals surface area contributed by atoms with Crippen LogP contribution in [0.15, 0.2) is 85.1 Å². The van der Waals surface area contributed by atoms with Crippen LogP contribution in [-0.2, 0) is 65.4 Å². The average molecular weight is 1540 g/mol. The van der Waals surface area contributed by atoms with E-state index in [9.17, 15) is 43.2 Å². The Morgan fingerprint density at radius 3 is 0.783 bits per heavy atom. The predicted molar refractivity (Wildman–Crippen MR) is 436 cm³/mol. The van der Waals surface area contributed by atoms with Crippen molar-refractivity contribution in [3.8, 4) is 0 Å². The fourth-order valence-electron chi connectivity index (χ4n) is 11.8. The number of aliphatic hydroxyl groups excluding tert-OH is 1. The molecule has 5 atom stereocenters. The summed E-state index contributed by atoms with van der Waals surface area (Å²) < 4.78 is 68.8. The molecular formula is C87H156O17P2. The van der Waals surface area contributed by atoms with E-state index in [1.54, 1.807) is 0 Å². The third-order valence-electron chi connectivity index (χ3n) is 18.3. The third kappa shape index (κ3) is 78.4. The summed E-state index contributed by atoms with van der Waals surface area (Å²) in [5.41, 5.74) is 0. The number of phosphoric acid groups is 2. The number of phosphoric ester groups is 2. The lowest BCUT2D eigenvalue weighted by Crippen LogP contribution is -2.30. The lowest BCUT2D eigenvalue weighted by molar-refractivity contribution is -0.161. The largest absolute Gasteiger partial charge is 0.472 e. The molecule has 0 aliphatic rings. The molecular weight excluding hydrogens is 1380 g/mol. The highest BCUT2D eigenvalue weighted by molar-refractivity contribution is 7.47. The van der Waals surface area contributed by atoms with E-state index in [4.69, 9.17) is 37.0 Å². The molecule has 0 rings (SSSR count). The molecule has 0 aromatic heterocycles. The molecule has 616 valence electrons. The van der Waals surface area contributed by atoms with Gasteiger partial charge in [-0.2, -0.15) is 0 Å². The number of hydrogen-bond acceptors (Lipinski definition) is 15. The fourth-order valence-corrected chi connectivity index (χ4v) is 13.4. The van der Waals surface area contributed by atoms with E-state index in [0.29, 0.717) is 25.7 Å². The van der Waals surface area contributed by atoms with E-state index in [1.165, 1.54) is 122 Å². The van der Waals surface area contributed by atoms with Crippen LogP contribution < -0.4 is 0 Å². The second-order valence-corrected chi connectivity index (χ2v) is 31.7. The van der Waals surface area contributed by atoms with Gasteiger partial charge in [-0.15, -0.1) is 0 Å². The van der Waals surface area contributed by atoms with Gasteiger partial charge in [0.15, 0.2) is 12.2 Å². The first-order valence-electron chi connectivity index (χ1n) is 42.8. The quantitative estimate of drug-likeness (QED) is 0.0169. The number of aliphatic hydroxyl groups is 1. The number of carbonyl (C=O) groups excluding carboxylic acids is 4. The second kappa shape index (κ2) is 79.3. The minimum absolute atomic E-state index is 0.0850. The summed E-state index contributed by atoms with van der Waals surface area (Å²) in [6.07, 6.45) is 83.9. The first-order chi connectivity index (χ1) is 51.7. The van der Waals surface area contributed by atoms with Crippen LogP contribution in [0, 0.1) is 0 Å². The lowest BCUT2D eigenvalue weighted by atomic mass is 10.0. The van der Waals surface area contributed by atoms with Crippen LogP contribution in [0.2, 0.25) is 0 Å². The molecule has 5 unspecified atom stereocenters. The molecule has 0 aromatic carbocycles. The van der Waals surface area contributed by atoms with Crippen molar-refractivity contribution < 1.29 is 80.2 Å². The number of hydrogen-bond donors (Lipinski definition) is 3.